The van der Waals surface area contributed by atoms with Crippen LogP contribution in [0.25, 0.3) is 11.1 Å². The second-order valence-electron chi connectivity index (χ2n) is 4.77. The van der Waals surface area contributed by atoms with Crippen LogP contribution in [0.1, 0.15) is 0 Å². The van der Waals surface area contributed by atoms with Gasteiger partial charge in [-0.1, -0.05) is 30.3 Å². The number of rotatable bonds is 2. The van der Waals surface area contributed by atoms with Crippen molar-refractivity contribution in [2.24, 2.45) is 0 Å². The molecular formula is C16H17FN2. The van der Waals surface area contributed by atoms with Crippen molar-refractivity contribution in [1.29, 1.82) is 0 Å². The minimum absolute atomic E-state index is 0.167. The van der Waals surface area contributed by atoms with E-state index in [1.54, 1.807) is 6.07 Å². The zero-order valence-electron chi connectivity index (χ0n) is 10.8. The fourth-order valence-corrected chi connectivity index (χ4v) is 2.49. The molecule has 0 spiro atoms. The Morgan fingerprint density at radius 3 is 2.53 bits per heavy atom. The SMILES string of the molecule is Fc1ccccc1-c1cccc(N2CCNCC2)c1. The Morgan fingerprint density at radius 1 is 0.947 bits per heavy atom. The Balaban J connectivity index is 1.93. The summed E-state index contributed by atoms with van der Waals surface area (Å²) in [7, 11) is 0. The van der Waals surface area contributed by atoms with E-state index in [9.17, 15) is 4.39 Å². The van der Waals surface area contributed by atoms with Gasteiger partial charge in [-0.15, -0.1) is 0 Å². The number of nitrogens with zero attached hydrogens (tertiary/aromatic N) is 1. The third kappa shape index (κ3) is 2.61. The molecule has 2 aromatic carbocycles. The zero-order chi connectivity index (χ0) is 13.1. The predicted octanol–water partition coefficient (Wildman–Crippen LogP) is 2.90. The summed E-state index contributed by atoms with van der Waals surface area (Å²) in [5, 5.41) is 3.34. The maximum Gasteiger partial charge on any atom is 0.131 e. The number of benzene rings is 2. The van der Waals surface area contributed by atoms with Crippen molar-refractivity contribution in [3.05, 3.63) is 54.3 Å². The van der Waals surface area contributed by atoms with E-state index in [1.165, 1.54) is 11.8 Å². The maximum absolute atomic E-state index is 13.8. The molecule has 0 atom stereocenters. The molecule has 1 aliphatic heterocycles. The van der Waals surface area contributed by atoms with Gasteiger partial charge in [-0.25, -0.2) is 4.39 Å². The Bertz CT molecular complexity index is 562. The maximum atomic E-state index is 13.8. The average Bonchev–Trinajstić information content (AvgIpc) is 2.49. The first kappa shape index (κ1) is 12.2. The molecule has 1 aliphatic rings. The summed E-state index contributed by atoms with van der Waals surface area (Å²) in [6.45, 7) is 4.01. The van der Waals surface area contributed by atoms with Gasteiger partial charge in [-0.2, -0.15) is 0 Å². The second kappa shape index (κ2) is 5.41. The predicted molar refractivity (Wildman–Crippen MR) is 76.9 cm³/mol. The molecule has 0 radical (unpaired) electrons. The molecule has 0 amide bonds. The summed E-state index contributed by atoms with van der Waals surface area (Å²) < 4.78 is 13.8. The molecule has 19 heavy (non-hydrogen) atoms. The molecule has 1 N–H and O–H groups in total. The van der Waals surface area contributed by atoms with Crippen LogP contribution in [-0.4, -0.2) is 26.2 Å². The Labute approximate surface area is 112 Å². The van der Waals surface area contributed by atoms with Crippen molar-refractivity contribution < 1.29 is 4.39 Å². The van der Waals surface area contributed by atoms with Crippen LogP contribution in [-0.2, 0) is 0 Å². The van der Waals surface area contributed by atoms with Gasteiger partial charge < -0.3 is 10.2 Å². The molecule has 1 fully saturated rings. The fourth-order valence-electron chi connectivity index (χ4n) is 2.49. The average molecular weight is 256 g/mol. The molecule has 1 saturated heterocycles. The standard InChI is InChI=1S/C16H17FN2/c17-16-7-2-1-6-15(16)13-4-3-5-14(12-13)19-10-8-18-9-11-19/h1-7,12,18H,8-11H2. The lowest BCUT2D eigenvalue weighted by molar-refractivity contribution is 0.589. The number of piperazine rings is 1. The van der Waals surface area contributed by atoms with Crippen LogP contribution < -0.4 is 10.2 Å². The summed E-state index contributed by atoms with van der Waals surface area (Å²) in [4.78, 5) is 2.33. The molecule has 3 rings (SSSR count). The lowest BCUT2D eigenvalue weighted by Crippen LogP contribution is -2.43. The molecular weight excluding hydrogens is 239 g/mol. The summed E-state index contributed by atoms with van der Waals surface area (Å²) in [5.74, 6) is -0.167. The summed E-state index contributed by atoms with van der Waals surface area (Å²) in [6.07, 6.45) is 0. The van der Waals surface area contributed by atoms with Crippen molar-refractivity contribution in [2.45, 2.75) is 0 Å². The highest BCUT2D eigenvalue weighted by Crippen LogP contribution is 2.26. The number of hydrogen-bond donors (Lipinski definition) is 1. The molecule has 3 heteroatoms. The second-order valence-corrected chi connectivity index (χ2v) is 4.77. The van der Waals surface area contributed by atoms with Gasteiger partial charge in [0, 0.05) is 37.4 Å². The van der Waals surface area contributed by atoms with Crippen molar-refractivity contribution in [3.8, 4) is 11.1 Å². The van der Waals surface area contributed by atoms with Gasteiger partial charge in [-0.05, 0) is 23.8 Å². The van der Waals surface area contributed by atoms with Gasteiger partial charge in [-0.3, -0.25) is 0 Å². The lowest BCUT2D eigenvalue weighted by Gasteiger charge is -2.29. The van der Waals surface area contributed by atoms with Crippen LogP contribution in [0.3, 0.4) is 0 Å². The molecule has 2 nitrogen and oxygen atoms in total. The summed E-state index contributed by atoms with van der Waals surface area (Å²) in [5.41, 5.74) is 2.77. The molecule has 0 aliphatic carbocycles. The highest BCUT2D eigenvalue weighted by molar-refractivity contribution is 5.69. The van der Waals surface area contributed by atoms with E-state index in [2.05, 4.69) is 22.3 Å². The molecule has 0 aromatic heterocycles. The van der Waals surface area contributed by atoms with Crippen LogP contribution in [0.15, 0.2) is 48.5 Å². The normalized spacial score (nSPS) is 15.5. The Kier molecular flexibility index (Phi) is 3.47. The highest BCUT2D eigenvalue weighted by atomic mass is 19.1. The van der Waals surface area contributed by atoms with Gasteiger partial charge >= 0.3 is 0 Å². The van der Waals surface area contributed by atoms with Gasteiger partial charge in [0.1, 0.15) is 5.82 Å². The highest BCUT2D eigenvalue weighted by Gasteiger charge is 2.11. The third-order valence-electron chi connectivity index (χ3n) is 3.51. The first-order valence-electron chi connectivity index (χ1n) is 6.65. The van der Waals surface area contributed by atoms with Crippen LogP contribution in [0.4, 0.5) is 10.1 Å². The minimum atomic E-state index is -0.167. The number of nitrogens with one attached hydrogen (secondary N) is 1. The van der Waals surface area contributed by atoms with Crippen LogP contribution in [0.5, 0.6) is 0 Å². The lowest BCUT2D eigenvalue weighted by atomic mass is 10.0. The number of hydrogen-bond acceptors (Lipinski definition) is 2. The van der Waals surface area contributed by atoms with E-state index in [1.807, 2.05) is 24.3 Å². The molecule has 2 aromatic rings. The van der Waals surface area contributed by atoms with Gasteiger partial charge in [0.2, 0.25) is 0 Å². The molecule has 0 unspecified atom stereocenters. The smallest absolute Gasteiger partial charge is 0.131 e. The van der Waals surface area contributed by atoms with Crippen LogP contribution in [0, 0.1) is 5.82 Å². The minimum Gasteiger partial charge on any atom is -0.369 e. The molecule has 0 saturated carbocycles. The third-order valence-corrected chi connectivity index (χ3v) is 3.51. The van der Waals surface area contributed by atoms with E-state index in [4.69, 9.17) is 0 Å². The van der Waals surface area contributed by atoms with E-state index < -0.39 is 0 Å². The molecule has 98 valence electrons. The van der Waals surface area contributed by atoms with Gasteiger partial charge in [0.05, 0.1) is 0 Å². The van der Waals surface area contributed by atoms with Crippen molar-refractivity contribution >= 4 is 5.69 Å². The first-order chi connectivity index (χ1) is 9.34. The monoisotopic (exact) mass is 256 g/mol. The molecule has 0 bridgehead atoms. The molecule has 1 heterocycles. The summed E-state index contributed by atoms with van der Waals surface area (Å²) >= 11 is 0. The van der Waals surface area contributed by atoms with Crippen LogP contribution in [0.2, 0.25) is 0 Å². The van der Waals surface area contributed by atoms with Crippen molar-refractivity contribution in [1.82, 2.24) is 5.32 Å². The van der Waals surface area contributed by atoms with E-state index >= 15 is 0 Å². The number of halogens is 1. The number of anilines is 1. The van der Waals surface area contributed by atoms with Crippen LogP contribution >= 0.6 is 0 Å². The van der Waals surface area contributed by atoms with Crippen molar-refractivity contribution in [2.75, 3.05) is 31.1 Å². The quantitative estimate of drug-likeness (QED) is 0.888. The topological polar surface area (TPSA) is 15.3 Å². The van der Waals surface area contributed by atoms with E-state index in [0.717, 1.165) is 31.7 Å². The van der Waals surface area contributed by atoms with Crippen molar-refractivity contribution in [3.63, 3.8) is 0 Å². The largest absolute Gasteiger partial charge is 0.369 e. The van der Waals surface area contributed by atoms with E-state index in [0.29, 0.717) is 5.56 Å². The van der Waals surface area contributed by atoms with Gasteiger partial charge in [0.15, 0.2) is 0 Å². The fraction of sp³-hybridized carbons (Fsp3) is 0.250. The summed E-state index contributed by atoms with van der Waals surface area (Å²) in [6, 6.07) is 15.1. The Hall–Kier alpha value is -1.87. The Morgan fingerprint density at radius 2 is 1.74 bits per heavy atom. The van der Waals surface area contributed by atoms with E-state index in [-0.39, 0.29) is 5.82 Å². The first-order valence-corrected chi connectivity index (χ1v) is 6.65. The van der Waals surface area contributed by atoms with Gasteiger partial charge in [0.25, 0.3) is 0 Å². The zero-order valence-corrected chi connectivity index (χ0v) is 10.8.